The van der Waals surface area contributed by atoms with Crippen LogP contribution in [0.25, 0.3) is 16.7 Å². The van der Waals surface area contributed by atoms with Crippen LogP contribution in [0.5, 0.6) is 0 Å². The van der Waals surface area contributed by atoms with E-state index in [1.807, 2.05) is 16.7 Å². The number of hydrogen-bond donors (Lipinski definition) is 1. The third kappa shape index (κ3) is 4.94. The van der Waals surface area contributed by atoms with Crippen molar-refractivity contribution in [3.05, 3.63) is 59.8 Å². The van der Waals surface area contributed by atoms with E-state index in [9.17, 15) is 13.2 Å². The van der Waals surface area contributed by atoms with Crippen molar-refractivity contribution in [1.82, 2.24) is 19.4 Å². The molecular weight excluding hydrogens is 481 g/mol. The maximum atomic E-state index is 14.6. The van der Waals surface area contributed by atoms with Gasteiger partial charge in [0.25, 0.3) is 6.43 Å². The second kappa shape index (κ2) is 10.5. The SMILES string of the molecule is CCC.Fc1c(CNc2nc3nccn3c3cnc(N4CC5(CCOCC5)C4)cc23)cccc1C(F)F. The minimum atomic E-state index is -2.87. The zero-order valence-corrected chi connectivity index (χ0v) is 21.1. The third-order valence-electron chi connectivity index (χ3n) is 6.94. The van der Waals surface area contributed by atoms with E-state index in [1.165, 1.54) is 18.6 Å². The molecule has 0 atom stereocenters. The first-order valence-electron chi connectivity index (χ1n) is 12.7. The molecule has 2 aliphatic heterocycles. The van der Waals surface area contributed by atoms with Crippen LogP contribution >= 0.6 is 0 Å². The van der Waals surface area contributed by atoms with Gasteiger partial charge in [0, 0.05) is 61.6 Å². The van der Waals surface area contributed by atoms with Gasteiger partial charge in [-0.05, 0) is 18.9 Å². The summed E-state index contributed by atoms with van der Waals surface area (Å²) in [6.07, 6.45) is 5.75. The molecule has 6 rings (SSSR count). The summed E-state index contributed by atoms with van der Waals surface area (Å²) < 4.78 is 48.1. The molecule has 2 aliphatic rings. The van der Waals surface area contributed by atoms with E-state index in [0.717, 1.165) is 61.9 Å². The van der Waals surface area contributed by atoms with Crippen molar-refractivity contribution in [1.29, 1.82) is 0 Å². The van der Waals surface area contributed by atoms with E-state index < -0.39 is 17.8 Å². The van der Waals surface area contributed by atoms with Gasteiger partial charge in [0.1, 0.15) is 17.5 Å². The van der Waals surface area contributed by atoms with Crippen LogP contribution in [0.15, 0.2) is 42.9 Å². The fraction of sp³-hybridized carbons (Fsp3) is 0.444. The molecule has 37 heavy (non-hydrogen) atoms. The summed E-state index contributed by atoms with van der Waals surface area (Å²) in [6, 6.07) is 6.00. The quantitative estimate of drug-likeness (QED) is 0.354. The second-order valence-corrected chi connectivity index (χ2v) is 9.77. The van der Waals surface area contributed by atoms with Crippen molar-refractivity contribution in [3.63, 3.8) is 0 Å². The molecule has 1 N–H and O–H groups in total. The molecule has 2 saturated heterocycles. The highest BCUT2D eigenvalue weighted by atomic mass is 19.3. The van der Waals surface area contributed by atoms with Crippen LogP contribution in [0.3, 0.4) is 0 Å². The maximum absolute atomic E-state index is 14.6. The highest BCUT2D eigenvalue weighted by Crippen LogP contribution is 2.42. The summed E-state index contributed by atoms with van der Waals surface area (Å²) in [6.45, 7) is 7.74. The van der Waals surface area contributed by atoms with E-state index >= 15 is 0 Å². The summed E-state index contributed by atoms with van der Waals surface area (Å²) in [5.74, 6) is 0.915. The lowest BCUT2D eigenvalue weighted by molar-refractivity contribution is -0.000444. The zero-order valence-electron chi connectivity index (χ0n) is 21.1. The van der Waals surface area contributed by atoms with Crippen LogP contribution in [0.1, 0.15) is 50.7 Å². The van der Waals surface area contributed by atoms with Gasteiger partial charge < -0.3 is 15.0 Å². The number of anilines is 2. The molecule has 196 valence electrons. The molecule has 3 aromatic heterocycles. The van der Waals surface area contributed by atoms with Crippen LogP contribution in [-0.2, 0) is 11.3 Å². The molecule has 0 saturated carbocycles. The molecule has 0 radical (unpaired) electrons. The van der Waals surface area contributed by atoms with Crippen LogP contribution in [0.2, 0.25) is 0 Å². The molecule has 2 fully saturated rings. The number of rotatable bonds is 5. The molecule has 0 amide bonds. The first kappa shape index (κ1) is 25.3. The number of halogens is 3. The van der Waals surface area contributed by atoms with Gasteiger partial charge in [0.15, 0.2) is 0 Å². The van der Waals surface area contributed by atoms with E-state index in [2.05, 4.69) is 39.0 Å². The third-order valence-corrected chi connectivity index (χ3v) is 6.94. The van der Waals surface area contributed by atoms with Gasteiger partial charge in [-0.1, -0.05) is 38.5 Å². The number of imidazole rings is 1. The van der Waals surface area contributed by atoms with Crippen molar-refractivity contribution in [2.75, 3.05) is 36.5 Å². The Kier molecular flexibility index (Phi) is 7.19. The van der Waals surface area contributed by atoms with Gasteiger partial charge in [-0.25, -0.2) is 23.1 Å². The molecule has 5 heterocycles. The second-order valence-electron chi connectivity index (χ2n) is 9.77. The van der Waals surface area contributed by atoms with Crippen molar-refractivity contribution >= 4 is 28.3 Å². The molecule has 4 aromatic rings. The van der Waals surface area contributed by atoms with Crippen molar-refractivity contribution in [3.8, 4) is 0 Å². The van der Waals surface area contributed by atoms with Gasteiger partial charge >= 0.3 is 0 Å². The van der Waals surface area contributed by atoms with E-state index in [4.69, 9.17) is 4.74 Å². The Hall–Kier alpha value is -3.40. The number of alkyl halides is 2. The molecule has 1 aromatic carbocycles. The number of hydrogen-bond acceptors (Lipinski definition) is 6. The van der Waals surface area contributed by atoms with E-state index in [1.54, 1.807) is 12.4 Å². The van der Waals surface area contributed by atoms with Gasteiger partial charge in [-0.15, -0.1) is 0 Å². The number of nitrogens with zero attached hydrogens (tertiary/aromatic N) is 5. The first-order chi connectivity index (χ1) is 17.9. The highest BCUT2D eigenvalue weighted by molar-refractivity contribution is 5.92. The largest absolute Gasteiger partial charge is 0.381 e. The van der Waals surface area contributed by atoms with Gasteiger partial charge in [0.2, 0.25) is 5.78 Å². The Morgan fingerprint density at radius 2 is 1.89 bits per heavy atom. The predicted octanol–water partition coefficient (Wildman–Crippen LogP) is 6.00. The van der Waals surface area contributed by atoms with Gasteiger partial charge in [0.05, 0.1) is 17.3 Å². The normalized spacial score (nSPS) is 16.6. The molecule has 0 bridgehead atoms. The molecule has 1 spiro atoms. The number of aromatic nitrogens is 4. The monoisotopic (exact) mass is 512 g/mol. The van der Waals surface area contributed by atoms with Gasteiger partial charge in [-0.3, -0.25) is 4.40 Å². The number of fused-ring (bicyclic) bond motifs is 3. The van der Waals surface area contributed by atoms with E-state index in [-0.39, 0.29) is 12.1 Å². The van der Waals surface area contributed by atoms with E-state index in [0.29, 0.717) is 17.0 Å². The summed E-state index contributed by atoms with van der Waals surface area (Å²) in [5.41, 5.74) is 0.647. The fourth-order valence-corrected chi connectivity index (χ4v) is 4.98. The highest BCUT2D eigenvalue weighted by Gasteiger charge is 2.44. The van der Waals surface area contributed by atoms with Crippen LogP contribution in [-0.4, -0.2) is 45.7 Å². The summed E-state index contributed by atoms with van der Waals surface area (Å²) in [5, 5.41) is 3.94. The van der Waals surface area contributed by atoms with Gasteiger partial charge in [-0.2, -0.15) is 4.98 Å². The number of ether oxygens (including phenoxy) is 1. The average molecular weight is 513 g/mol. The summed E-state index contributed by atoms with van der Waals surface area (Å²) >= 11 is 0. The Labute approximate surface area is 213 Å². The number of nitrogens with one attached hydrogen (secondary N) is 1. The first-order valence-corrected chi connectivity index (χ1v) is 12.7. The fourth-order valence-electron chi connectivity index (χ4n) is 4.98. The Morgan fingerprint density at radius 3 is 2.62 bits per heavy atom. The lowest BCUT2D eigenvalue weighted by Gasteiger charge is -2.52. The zero-order chi connectivity index (χ0) is 26.0. The Bertz CT molecular complexity index is 1380. The maximum Gasteiger partial charge on any atom is 0.266 e. The minimum Gasteiger partial charge on any atom is -0.381 e. The standard InChI is InChI=1S/C24H23F3N6O.C3H8/c25-20-15(2-1-3-16(20)21(26)27)11-30-22-17-10-19(32-13-24(14-32)4-8-34-9-5-24)29-12-18(17)33-7-6-28-23(33)31-22;1-3-2/h1-3,6-7,10,12,21H,4-5,8-9,11,13-14H2,(H,28,30,31);3H2,1-2H3. The molecular formula is C27H31F3N6O. The number of benzene rings is 1. The Balaban J connectivity index is 0.000000892. The smallest absolute Gasteiger partial charge is 0.266 e. The van der Waals surface area contributed by atoms with Crippen LogP contribution in [0.4, 0.5) is 24.8 Å². The lowest BCUT2D eigenvalue weighted by atomic mass is 9.73. The predicted molar refractivity (Wildman–Crippen MR) is 138 cm³/mol. The number of pyridine rings is 1. The summed E-state index contributed by atoms with van der Waals surface area (Å²) in [4.78, 5) is 15.8. The Morgan fingerprint density at radius 1 is 1.14 bits per heavy atom. The van der Waals surface area contributed by atoms with Crippen LogP contribution in [0, 0.1) is 11.2 Å². The molecule has 7 nitrogen and oxygen atoms in total. The minimum absolute atomic E-state index is 0.00978. The van der Waals surface area contributed by atoms with Crippen molar-refractivity contribution in [2.24, 2.45) is 5.41 Å². The summed E-state index contributed by atoms with van der Waals surface area (Å²) in [7, 11) is 0. The van der Waals surface area contributed by atoms with Crippen molar-refractivity contribution < 1.29 is 17.9 Å². The molecule has 0 aliphatic carbocycles. The van der Waals surface area contributed by atoms with Crippen molar-refractivity contribution in [2.45, 2.75) is 46.1 Å². The molecule has 10 heteroatoms. The average Bonchev–Trinajstić information content (AvgIpc) is 3.36. The lowest BCUT2D eigenvalue weighted by Crippen LogP contribution is -2.58. The topological polar surface area (TPSA) is 67.6 Å². The van der Waals surface area contributed by atoms with Crippen LogP contribution < -0.4 is 10.2 Å². The molecule has 0 unspecified atom stereocenters.